The van der Waals surface area contributed by atoms with Crippen LogP contribution >= 0.6 is 22.7 Å². The number of aromatic nitrogens is 4. The van der Waals surface area contributed by atoms with E-state index >= 15 is 0 Å². The molecule has 8 aromatic rings. The van der Waals surface area contributed by atoms with E-state index in [4.69, 9.17) is 20.2 Å². The molecule has 0 amide bonds. The molecule has 4 N–H and O–H groups in total. The fraction of sp³-hybridized carbons (Fsp3) is 0.269. The van der Waals surface area contributed by atoms with Gasteiger partial charge in [0.05, 0.1) is 24.2 Å². The summed E-state index contributed by atoms with van der Waals surface area (Å²) in [5.74, 6) is -2.41. The Kier molecular flexibility index (Phi) is 12.8. The number of benzene rings is 4. The first-order valence-electron chi connectivity index (χ1n) is 22.1. The Bertz CT molecular complexity index is 2840. The number of nitrogens with one attached hydrogen (secondary N) is 2. The predicted molar refractivity (Wildman–Crippen MR) is 256 cm³/mol. The average molecular weight is 923 g/mol. The lowest BCUT2D eigenvalue weighted by Crippen LogP contribution is -2.22. The Morgan fingerprint density at radius 3 is 1.32 bits per heavy atom. The molecule has 2 fully saturated rings. The number of rotatable bonds is 16. The topological polar surface area (TPSA) is 150 Å². The molecule has 336 valence electrons. The number of carbonyl (C=O) groups is 2. The number of thiazole rings is 2. The number of carboxylic acid groups (broad SMARTS) is 2. The molecule has 2 aliphatic rings. The zero-order valence-electron chi connectivity index (χ0n) is 36.4. The zero-order valence-corrected chi connectivity index (χ0v) is 38.1. The lowest BCUT2D eigenvalue weighted by atomic mass is 9.92. The van der Waals surface area contributed by atoms with Gasteiger partial charge in [-0.25, -0.2) is 28.7 Å². The van der Waals surface area contributed by atoms with E-state index in [-0.39, 0.29) is 47.4 Å². The highest BCUT2D eigenvalue weighted by Gasteiger charge is 2.48. The van der Waals surface area contributed by atoms with Crippen LogP contribution in [-0.4, -0.2) is 55.2 Å². The van der Waals surface area contributed by atoms with Crippen LogP contribution < -0.4 is 10.6 Å². The second-order valence-corrected chi connectivity index (χ2v) is 19.0. The summed E-state index contributed by atoms with van der Waals surface area (Å²) in [6.07, 6.45) is 4.37. The first kappa shape index (κ1) is 44.9. The maximum atomic E-state index is 15.0. The molecule has 0 saturated heterocycles. The smallest absolute Gasteiger partial charge is 0.304 e. The molecule has 0 bridgehead atoms. The highest BCUT2D eigenvalue weighted by molar-refractivity contribution is 7.21. The third-order valence-electron chi connectivity index (χ3n) is 12.7. The molecule has 4 aromatic heterocycles. The Hall–Kier alpha value is -6.32. The van der Waals surface area contributed by atoms with Crippen LogP contribution in [0.15, 0.2) is 121 Å². The van der Waals surface area contributed by atoms with Gasteiger partial charge >= 0.3 is 11.9 Å². The fourth-order valence-electron chi connectivity index (χ4n) is 8.52. The largest absolute Gasteiger partial charge is 0.481 e. The van der Waals surface area contributed by atoms with E-state index in [1.54, 1.807) is 12.1 Å². The van der Waals surface area contributed by atoms with Crippen molar-refractivity contribution in [1.82, 2.24) is 30.6 Å². The van der Waals surface area contributed by atoms with Crippen LogP contribution in [0.3, 0.4) is 0 Å². The zero-order chi connectivity index (χ0) is 46.0. The maximum Gasteiger partial charge on any atom is 0.304 e. The summed E-state index contributed by atoms with van der Waals surface area (Å²) in [7, 11) is 0. The van der Waals surface area contributed by atoms with Crippen molar-refractivity contribution in [2.24, 2.45) is 0 Å². The molecular weight excluding hydrogens is 875 g/mol. The first-order chi connectivity index (χ1) is 31.9. The quantitative estimate of drug-likeness (QED) is 0.0737. The van der Waals surface area contributed by atoms with Crippen molar-refractivity contribution >= 4 is 55.3 Å². The van der Waals surface area contributed by atoms with Gasteiger partial charge in [-0.2, -0.15) is 0 Å². The third kappa shape index (κ3) is 9.50. The number of carboxylic acids is 2. The van der Waals surface area contributed by atoms with Gasteiger partial charge in [-0.1, -0.05) is 95.5 Å². The molecule has 2 saturated carbocycles. The van der Waals surface area contributed by atoms with Crippen LogP contribution in [0.25, 0.3) is 41.8 Å². The number of pyridine rings is 2. The Morgan fingerprint density at radius 1 is 0.576 bits per heavy atom. The van der Waals surface area contributed by atoms with Crippen LogP contribution in [0.4, 0.5) is 8.78 Å². The number of nitrogens with zero attached hydrogens (tertiary/aromatic N) is 4. The van der Waals surface area contributed by atoms with Gasteiger partial charge < -0.3 is 20.8 Å². The Morgan fingerprint density at radius 2 is 0.970 bits per heavy atom. The van der Waals surface area contributed by atoms with Gasteiger partial charge in [0.1, 0.15) is 42.3 Å². The summed E-state index contributed by atoms with van der Waals surface area (Å²) >= 11 is 2.81. The van der Waals surface area contributed by atoms with E-state index in [1.165, 1.54) is 45.9 Å². The lowest BCUT2D eigenvalue weighted by Gasteiger charge is -2.14. The third-order valence-corrected chi connectivity index (χ3v) is 14.7. The van der Waals surface area contributed by atoms with Crippen molar-refractivity contribution < 1.29 is 28.6 Å². The van der Waals surface area contributed by atoms with Gasteiger partial charge in [0.15, 0.2) is 0 Å². The van der Waals surface area contributed by atoms with Crippen LogP contribution in [0.1, 0.15) is 98.1 Å². The highest BCUT2D eigenvalue weighted by atomic mass is 32.1. The predicted octanol–water partition coefficient (Wildman–Crippen LogP) is 11.4. The van der Waals surface area contributed by atoms with Crippen molar-refractivity contribution in [2.45, 2.75) is 75.3 Å². The standard InChI is InChI=1S/2C26H24FN3O2S/c2*1-16(28-14-11-23(31)32)17-7-8-19(20(27)15-17)24-29-21-9-10-22(30-25(21)33-24)26(12-13-26)18-5-3-2-4-6-18/h2*2-10,15-16,28H,11-14H2,1H3,(H,31,32)/t16-;/m0./s1. The minimum Gasteiger partial charge on any atom is -0.481 e. The van der Waals surface area contributed by atoms with Gasteiger partial charge in [0.2, 0.25) is 0 Å². The van der Waals surface area contributed by atoms with Crippen LogP contribution in [0.2, 0.25) is 0 Å². The maximum absolute atomic E-state index is 15.0. The number of fused-ring (bicyclic) bond motifs is 2. The number of hydrogen-bond donors (Lipinski definition) is 4. The minimum atomic E-state index is -0.861. The summed E-state index contributed by atoms with van der Waals surface area (Å²) in [6.45, 7) is 4.44. The molecule has 10 nitrogen and oxygen atoms in total. The monoisotopic (exact) mass is 922 g/mol. The van der Waals surface area contributed by atoms with Crippen molar-refractivity contribution in [3.63, 3.8) is 0 Å². The van der Waals surface area contributed by atoms with E-state index in [0.717, 1.165) is 68.9 Å². The second-order valence-electron chi connectivity index (χ2n) is 17.1. The summed E-state index contributed by atoms with van der Waals surface area (Å²) in [4.78, 5) is 42.1. The molecule has 10 rings (SSSR count). The van der Waals surface area contributed by atoms with E-state index in [0.29, 0.717) is 34.2 Å². The number of hydrogen-bond acceptors (Lipinski definition) is 10. The summed E-state index contributed by atoms with van der Waals surface area (Å²) < 4.78 is 30.0. The van der Waals surface area contributed by atoms with E-state index in [9.17, 15) is 18.4 Å². The molecule has 66 heavy (non-hydrogen) atoms. The van der Waals surface area contributed by atoms with Crippen LogP contribution in [0, 0.1) is 11.6 Å². The normalized spacial score (nSPS) is 15.5. The molecule has 2 aliphatic carbocycles. The Labute approximate surface area is 388 Å². The lowest BCUT2D eigenvalue weighted by molar-refractivity contribution is -0.137. The van der Waals surface area contributed by atoms with Gasteiger partial charge in [-0.05, 0) is 110 Å². The van der Waals surface area contributed by atoms with Gasteiger partial charge in [0, 0.05) is 47.1 Å². The number of halogens is 2. The summed E-state index contributed by atoms with van der Waals surface area (Å²) in [5.41, 5.74) is 8.61. The SMILES string of the molecule is CC(NCCC(=O)O)c1ccc(-c2nc3ccc(C4(c5ccccc5)CC4)nc3s2)c(F)c1.C[C@H](NCCC(=O)O)c1ccc(-c2nc3ccc(C4(c5ccccc5)CC4)nc3s2)c(F)c1. The molecule has 14 heteroatoms. The molecule has 0 spiro atoms. The summed E-state index contributed by atoms with van der Waals surface area (Å²) in [6, 6.07) is 38.9. The minimum absolute atomic E-state index is 0.0176. The number of aliphatic carboxylic acids is 2. The molecule has 4 aromatic carbocycles. The molecule has 4 heterocycles. The molecule has 2 atom stereocenters. The molecule has 1 unspecified atom stereocenters. The van der Waals surface area contributed by atoms with Gasteiger partial charge in [-0.3, -0.25) is 9.59 Å². The van der Waals surface area contributed by atoms with Gasteiger partial charge in [0.25, 0.3) is 0 Å². The average Bonchev–Trinajstić information content (AvgIpc) is 4.23. The van der Waals surface area contributed by atoms with Crippen LogP contribution in [0.5, 0.6) is 0 Å². The van der Waals surface area contributed by atoms with Crippen LogP contribution in [-0.2, 0) is 20.4 Å². The van der Waals surface area contributed by atoms with Crippen molar-refractivity contribution in [1.29, 1.82) is 0 Å². The first-order valence-corrected chi connectivity index (χ1v) is 23.7. The fourth-order valence-corrected chi connectivity index (χ4v) is 10.5. The molecular formula is C52H48F2N6O4S2. The van der Waals surface area contributed by atoms with Gasteiger partial charge in [-0.15, -0.1) is 0 Å². The van der Waals surface area contributed by atoms with Crippen molar-refractivity contribution in [3.05, 3.63) is 167 Å². The van der Waals surface area contributed by atoms with E-state index in [2.05, 4.69) is 81.3 Å². The van der Waals surface area contributed by atoms with Crippen molar-refractivity contribution in [2.75, 3.05) is 13.1 Å². The second kappa shape index (κ2) is 18.9. The molecule has 0 aliphatic heterocycles. The molecule has 0 radical (unpaired) electrons. The Balaban J connectivity index is 0.000000166. The highest BCUT2D eigenvalue weighted by Crippen LogP contribution is 2.54. The van der Waals surface area contributed by atoms with E-state index in [1.807, 2.05) is 50.2 Å². The summed E-state index contributed by atoms with van der Waals surface area (Å²) in [5, 5.41) is 25.0. The van der Waals surface area contributed by atoms with Crippen molar-refractivity contribution in [3.8, 4) is 21.1 Å². The van der Waals surface area contributed by atoms with E-state index < -0.39 is 11.9 Å².